The van der Waals surface area contributed by atoms with Crippen LogP contribution in [0.1, 0.15) is 180 Å². The van der Waals surface area contributed by atoms with Gasteiger partial charge in [0.15, 0.2) is 0 Å². The van der Waals surface area contributed by atoms with Gasteiger partial charge >= 0.3 is 0 Å². The molecule has 4 aromatic rings. The summed E-state index contributed by atoms with van der Waals surface area (Å²) in [5.74, 6) is 0.855. The molecule has 2 saturated heterocycles. The van der Waals surface area contributed by atoms with Crippen molar-refractivity contribution in [1.29, 1.82) is 0 Å². The molecular weight excluding hydrogens is 805 g/mol. The van der Waals surface area contributed by atoms with Crippen LogP contribution in [0.25, 0.3) is 22.2 Å². The molecule has 1 amide bonds. The summed E-state index contributed by atoms with van der Waals surface area (Å²) in [7, 11) is 3.76. The fraction of sp³-hybridized carbons (Fsp3) is 0.625. The minimum atomic E-state index is -0.252. The monoisotopic (exact) mass is 889 g/mol. The number of nitrogens with zero attached hydrogens (tertiary/aromatic N) is 4. The van der Waals surface area contributed by atoms with Crippen LogP contribution in [0.5, 0.6) is 5.75 Å². The summed E-state index contributed by atoms with van der Waals surface area (Å²) in [5, 5.41) is 7.76. The van der Waals surface area contributed by atoms with Gasteiger partial charge in [0.1, 0.15) is 5.75 Å². The number of methoxy groups -OCH3 is 1. The molecule has 0 atom stereocenters. The van der Waals surface area contributed by atoms with E-state index in [-0.39, 0.29) is 11.3 Å². The smallest absolute Gasteiger partial charge is 0.247 e. The second-order valence-electron chi connectivity index (χ2n) is 19.5. The lowest BCUT2D eigenvalue weighted by atomic mass is 9.79. The van der Waals surface area contributed by atoms with Gasteiger partial charge in [0.2, 0.25) is 11.9 Å². The molecule has 0 saturated carbocycles. The van der Waals surface area contributed by atoms with Gasteiger partial charge in [-0.15, -0.1) is 0 Å². The van der Waals surface area contributed by atoms with Gasteiger partial charge in [-0.2, -0.15) is 0 Å². The first-order valence-electron chi connectivity index (χ1n) is 26.1. The lowest BCUT2D eigenvalue weighted by Crippen LogP contribution is -2.51. The minimum Gasteiger partial charge on any atom is -0.494 e. The van der Waals surface area contributed by atoms with Crippen LogP contribution in [0.3, 0.4) is 0 Å². The number of nitrogens with one attached hydrogen (secondary N) is 2. The van der Waals surface area contributed by atoms with E-state index >= 15 is 0 Å². The molecule has 0 aliphatic carbocycles. The van der Waals surface area contributed by atoms with Crippen molar-refractivity contribution in [2.24, 2.45) is 12.5 Å². The predicted molar refractivity (Wildman–Crippen MR) is 274 cm³/mol. The summed E-state index contributed by atoms with van der Waals surface area (Å²) in [6.45, 7) is 7.11. The predicted octanol–water partition coefficient (Wildman–Crippen LogP) is 15.3. The first-order valence-corrected chi connectivity index (χ1v) is 26.1. The largest absolute Gasteiger partial charge is 0.494 e. The first-order chi connectivity index (χ1) is 32.0. The van der Waals surface area contributed by atoms with Gasteiger partial charge in [-0.1, -0.05) is 192 Å². The van der Waals surface area contributed by atoms with Crippen LogP contribution in [0.2, 0.25) is 0 Å². The molecule has 9 heteroatoms. The number of anilines is 4. The molecule has 2 aliphatic rings. The maximum atomic E-state index is 13.1. The van der Waals surface area contributed by atoms with E-state index in [2.05, 4.69) is 75.2 Å². The van der Waals surface area contributed by atoms with Crippen LogP contribution in [0, 0.1) is 5.41 Å². The molecule has 1 spiro atoms. The molecule has 2 N–H and O–H groups in total. The molecule has 0 bridgehead atoms. The normalized spacial score (nSPS) is 19.3. The highest BCUT2D eigenvalue weighted by Crippen LogP contribution is 2.42. The number of benzene rings is 2. The Hall–Kier alpha value is -4.37. The fourth-order valence-corrected chi connectivity index (χ4v) is 10.2. The quantitative estimate of drug-likeness (QED) is 0.179. The van der Waals surface area contributed by atoms with Gasteiger partial charge in [-0.25, -0.2) is 9.97 Å². The molecule has 65 heavy (non-hydrogen) atoms. The minimum absolute atomic E-state index is 0.0817. The molecule has 2 aromatic heterocycles. The van der Waals surface area contributed by atoms with Gasteiger partial charge in [-0.3, -0.25) is 4.79 Å². The number of hydrogen-bond donors (Lipinski definition) is 2. The number of para-hydroxylation sites is 1. The lowest BCUT2D eigenvalue weighted by molar-refractivity contribution is -0.113. The van der Waals surface area contributed by atoms with Crippen molar-refractivity contribution in [3.05, 3.63) is 67.5 Å². The van der Waals surface area contributed by atoms with Gasteiger partial charge in [0.05, 0.1) is 43.1 Å². The van der Waals surface area contributed by atoms with Crippen molar-refractivity contribution in [3.63, 3.8) is 0 Å². The molecule has 4 heterocycles. The van der Waals surface area contributed by atoms with Crippen LogP contribution in [0.15, 0.2) is 67.5 Å². The van der Waals surface area contributed by atoms with E-state index in [4.69, 9.17) is 14.5 Å². The maximum Gasteiger partial charge on any atom is 0.247 e. The summed E-state index contributed by atoms with van der Waals surface area (Å²) in [4.78, 5) is 25.2. The number of fused-ring (bicyclic) bond motifs is 1. The van der Waals surface area contributed by atoms with Gasteiger partial charge in [0.25, 0.3) is 0 Å². The van der Waals surface area contributed by atoms with E-state index in [1.807, 2.05) is 12.1 Å². The second kappa shape index (κ2) is 28.0. The number of aromatic nitrogens is 3. The van der Waals surface area contributed by atoms with Crippen LogP contribution in [0.4, 0.5) is 23.0 Å². The highest BCUT2D eigenvalue weighted by Gasteiger charge is 2.40. The molecule has 6 rings (SSSR count). The van der Waals surface area contributed by atoms with E-state index in [0.717, 1.165) is 67.0 Å². The van der Waals surface area contributed by atoms with Crippen molar-refractivity contribution >= 4 is 39.8 Å². The second-order valence-corrected chi connectivity index (χ2v) is 19.5. The van der Waals surface area contributed by atoms with Gasteiger partial charge in [0, 0.05) is 60.5 Å². The number of carbonyl (C=O) groups is 1. The third-order valence-electron chi connectivity index (χ3n) is 14.2. The Kier molecular flexibility index (Phi) is 21.5. The third-order valence-corrected chi connectivity index (χ3v) is 14.2. The van der Waals surface area contributed by atoms with E-state index < -0.39 is 0 Å². The standard InChI is InChI=1S/C56H84N6O3/c1-4-54(63)58-49-40-50(60-55-57-38-36-48(59-55)47-42-61(2)51-35-31-30-34-46(47)51)53(64-3)41-52(49)62-39-33-29-27-25-23-21-19-17-15-13-11-9-7-5-6-8-10-12-14-16-18-20-22-24-26-28-32-37-56(43-62)44-65-45-56/h4,30-31,34-36,38,40-42H,1,5-29,32-33,37,39,43-45H2,2-3H3,(H,58,63)(H,57,59,60). The van der Waals surface area contributed by atoms with Crippen molar-refractivity contribution in [3.8, 4) is 17.0 Å². The van der Waals surface area contributed by atoms with Crippen LogP contribution < -0.4 is 20.3 Å². The summed E-state index contributed by atoms with van der Waals surface area (Å²) in [6.07, 6.45) is 43.2. The van der Waals surface area contributed by atoms with E-state index in [1.165, 1.54) is 173 Å². The highest BCUT2D eigenvalue weighted by atomic mass is 16.5. The maximum absolute atomic E-state index is 13.1. The SMILES string of the molecule is C=CC(=O)Nc1cc(Nc2nccc(-c3cn(C)c4ccccc34)n2)c(OC)cc1N1CCCCCCCCCCCCCCCCCCCCCCCCCCCCCC2(COC2)C1. The summed E-state index contributed by atoms with van der Waals surface area (Å²) in [5.41, 5.74) is 5.42. The Labute approximate surface area is 393 Å². The lowest BCUT2D eigenvalue weighted by Gasteiger charge is -2.46. The Morgan fingerprint density at radius 2 is 1.26 bits per heavy atom. The number of rotatable bonds is 7. The molecule has 356 valence electrons. The number of aryl methyl sites for hydroxylation is 1. The van der Waals surface area contributed by atoms with Crippen LogP contribution >= 0.6 is 0 Å². The molecule has 0 unspecified atom stereocenters. The molecule has 2 aliphatic heterocycles. The Morgan fingerprint density at radius 1 is 0.723 bits per heavy atom. The van der Waals surface area contributed by atoms with Crippen LogP contribution in [-0.4, -0.2) is 53.9 Å². The van der Waals surface area contributed by atoms with E-state index in [0.29, 0.717) is 23.1 Å². The van der Waals surface area contributed by atoms with Crippen molar-refractivity contribution in [2.45, 2.75) is 180 Å². The average molecular weight is 889 g/mol. The first kappa shape index (κ1) is 50.1. The topological polar surface area (TPSA) is 93.5 Å². The molecular formula is C56H84N6O3. The van der Waals surface area contributed by atoms with E-state index in [9.17, 15) is 4.79 Å². The zero-order chi connectivity index (χ0) is 45.4. The highest BCUT2D eigenvalue weighted by molar-refractivity contribution is 6.02. The molecule has 2 aromatic carbocycles. The zero-order valence-electron chi connectivity index (χ0n) is 40.6. The number of carbonyl (C=O) groups excluding carboxylic acids is 1. The summed E-state index contributed by atoms with van der Waals surface area (Å²) in [6, 6.07) is 14.3. The number of amides is 1. The van der Waals surface area contributed by atoms with Crippen LogP contribution in [-0.2, 0) is 16.6 Å². The zero-order valence-corrected chi connectivity index (χ0v) is 40.6. The van der Waals surface area contributed by atoms with Crippen molar-refractivity contribution in [2.75, 3.05) is 48.9 Å². The van der Waals surface area contributed by atoms with Gasteiger partial charge in [-0.05, 0) is 37.1 Å². The average Bonchev–Trinajstić information content (AvgIpc) is 3.65. The van der Waals surface area contributed by atoms with Crippen molar-refractivity contribution in [1.82, 2.24) is 14.5 Å². The third kappa shape index (κ3) is 16.2. The molecule has 9 nitrogen and oxygen atoms in total. The summed E-state index contributed by atoms with van der Waals surface area (Å²) < 4.78 is 14.2. The fourth-order valence-electron chi connectivity index (χ4n) is 10.2. The Balaban J connectivity index is 1.16. The number of hydrogen-bond acceptors (Lipinski definition) is 7. The summed E-state index contributed by atoms with van der Waals surface area (Å²) >= 11 is 0. The number of ether oxygens (including phenoxy) is 2. The van der Waals surface area contributed by atoms with Gasteiger partial charge < -0.3 is 29.6 Å². The molecule has 2 fully saturated rings. The van der Waals surface area contributed by atoms with E-state index in [1.54, 1.807) is 13.3 Å². The Morgan fingerprint density at radius 3 is 1.78 bits per heavy atom. The molecule has 0 radical (unpaired) electrons. The van der Waals surface area contributed by atoms with Crippen molar-refractivity contribution < 1.29 is 14.3 Å². The Bertz CT molecular complexity index is 2000.